The van der Waals surface area contributed by atoms with E-state index in [1.165, 1.54) is 12.8 Å². The molecule has 0 aromatic heterocycles. The molecule has 5 unspecified atom stereocenters. The van der Waals surface area contributed by atoms with Gasteiger partial charge < -0.3 is 14.2 Å². The van der Waals surface area contributed by atoms with E-state index < -0.39 is 0 Å². The fourth-order valence-electron chi connectivity index (χ4n) is 2.58. The average Bonchev–Trinajstić information content (AvgIpc) is 2.87. The van der Waals surface area contributed by atoms with E-state index in [1.54, 1.807) is 0 Å². The maximum absolute atomic E-state index is 5.80. The Bertz CT molecular complexity index is 218. The van der Waals surface area contributed by atoms with Crippen LogP contribution in [-0.2, 0) is 14.2 Å². The average molecular weight is 198 g/mol. The highest BCUT2D eigenvalue weighted by Crippen LogP contribution is 2.42. The van der Waals surface area contributed by atoms with E-state index in [0.717, 1.165) is 6.42 Å². The van der Waals surface area contributed by atoms with Gasteiger partial charge in [-0.05, 0) is 33.1 Å². The predicted octanol–water partition coefficient (Wildman–Crippen LogP) is 1.70. The molecule has 0 bridgehead atoms. The fraction of sp³-hybridized carbons (Fsp3) is 1.00. The molecule has 2 aliphatic heterocycles. The van der Waals surface area contributed by atoms with Crippen molar-refractivity contribution in [3.8, 4) is 0 Å². The normalized spacial score (nSPS) is 57.0. The summed E-state index contributed by atoms with van der Waals surface area (Å²) in [4.78, 5) is 0. The Labute approximate surface area is 84.7 Å². The van der Waals surface area contributed by atoms with Crippen molar-refractivity contribution in [2.75, 3.05) is 0 Å². The molecule has 3 fully saturated rings. The SMILES string of the molecule is CC1OC(C2CCC3OC3C2)OC1C. The molecule has 80 valence electrons. The first-order chi connectivity index (χ1) is 6.74. The zero-order valence-corrected chi connectivity index (χ0v) is 8.81. The molecule has 3 aliphatic rings. The number of epoxide rings is 1. The number of hydrogen-bond acceptors (Lipinski definition) is 3. The lowest BCUT2D eigenvalue weighted by Gasteiger charge is -2.24. The number of ether oxygens (including phenoxy) is 3. The molecule has 1 aliphatic carbocycles. The summed E-state index contributed by atoms with van der Waals surface area (Å²) in [7, 11) is 0. The fourth-order valence-corrected chi connectivity index (χ4v) is 2.58. The molecule has 0 spiro atoms. The van der Waals surface area contributed by atoms with Crippen LogP contribution in [0.4, 0.5) is 0 Å². The van der Waals surface area contributed by atoms with Gasteiger partial charge in [0, 0.05) is 5.92 Å². The first-order valence-electron chi connectivity index (χ1n) is 5.70. The van der Waals surface area contributed by atoms with Crippen molar-refractivity contribution in [2.45, 2.75) is 63.8 Å². The van der Waals surface area contributed by atoms with Crippen molar-refractivity contribution in [1.82, 2.24) is 0 Å². The second-order valence-corrected chi connectivity index (χ2v) is 4.84. The number of hydrogen-bond donors (Lipinski definition) is 0. The monoisotopic (exact) mass is 198 g/mol. The van der Waals surface area contributed by atoms with Crippen LogP contribution >= 0.6 is 0 Å². The molecule has 0 amide bonds. The molecule has 3 rings (SSSR count). The Morgan fingerprint density at radius 1 is 0.857 bits per heavy atom. The summed E-state index contributed by atoms with van der Waals surface area (Å²) < 4.78 is 17.1. The predicted molar refractivity (Wildman–Crippen MR) is 50.9 cm³/mol. The Hall–Kier alpha value is -0.120. The van der Waals surface area contributed by atoms with E-state index in [-0.39, 0.29) is 18.5 Å². The van der Waals surface area contributed by atoms with Crippen LogP contribution in [-0.4, -0.2) is 30.7 Å². The van der Waals surface area contributed by atoms with E-state index in [1.807, 2.05) is 0 Å². The maximum Gasteiger partial charge on any atom is 0.161 e. The van der Waals surface area contributed by atoms with Crippen LogP contribution in [0.15, 0.2) is 0 Å². The van der Waals surface area contributed by atoms with Gasteiger partial charge in [-0.2, -0.15) is 0 Å². The van der Waals surface area contributed by atoms with Gasteiger partial charge in [0.2, 0.25) is 0 Å². The lowest BCUT2D eigenvalue weighted by atomic mass is 9.89. The van der Waals surface area contributed by atoms with Gasteiger partial charge in [-0.15, -0.1) is 0 Å². The minimum atomic E-state index is 0.0325. The molecule has 1 saturated carbocycles. The van der Waals surface area contributed by atoms with Crippen molar-refractivity contribution in [3.05, 3.63) is 0 Å². The molecule has 14 heavy (non-hydrogen) atoms. The van der Waals surface area contributed by atoms with Crippen LogP contribution in [0, 0.1) is 5.92 Å². The van der Waals surface area contributed by atoms with Crippen LogP contribution in [0.2, 0.25) is 0 Å². The smallest absolute Gasteiger partial charge is 0.161 e. The third-order valence-electron chi connectivity index (χ3n) is 3.79. The first-order valence-corrected chi connectivity index (χ1v) is 5.70. The summed E-state index contributed by atoms with van der Waals surface area (Å²) in [6, 6.07) is 0. The van der Waals surface area contributed by atoms with Crippen molar-refractivity contribution < 1.29 is 14.2 Å². The summed E-state index contributed by atoms with van der Waals surface area (Å²) in [6.07, 6.45) is 5.15. The summed E-state index contributed by atoms with van der Waals surface area (Å²) >= 11 is 0. The van der Waals surface area contributed by atoms with Gasteiger partial charge in [-0.1, -0.05) is 0 Å². The Morgan fingerprint density at radius 2 is 1.57 bits per heavy atom. The molecule has 0 N–H and O–H groups in total. The van der Waals surface area contributed by atoms with Gasteiger partial charge in [0.05, 0.1) is 24.4 Å². The van der Waals surface area contributed by atoms with Gasteiger partial charge >= 0.3 is 0 Å². The Balaban J connectivity index is 1.60. The Kier molecular flexibility index (Phi) is 2.08. The van der Waals surface area contributed by atoms with E-state index in [0.29, 0.717) is 18.1 Å². The van der Waals surface area contributed by atoms with E-state index in [2.05, 4.69) is 13.8 Å². The largest absolute Gasteiger partial charge is 0.370 e. The second-order valence-electron chi connectivity index (χ2n) is 4.84. The summed E-state index contributed by atoms with van der Waals surface area (Å²) in [5.74, 6) is 0.561. The van der Waals surface area contributed by atoms with Crippen LogP contribution in [0.5, 0.6) is 0 Å². The molecule has 2 saturated heterocycles. The Morgan fingerprint density at radius 3 is 2.21 bits per heavy atom. The van der Waals surface area contributed by atoms with Gasteiger partial charge in [-0.3, -0.25) is 0 Å². The van der Waals surface area contributed by atoms with E-state index in [4.69, 9.17) is 14.2 Å². The van der Waals surface area contributed by atoms with Crippen LogP contribution in [0.3, 0.4) is 0 Å². The van der Waals surface area contributed by atoms with Crippen molar-refractivity contribution >= 4 is 0 Å². The third-order valence-corrected chi connectivity index (χ3v) is 3.79. The zero-order valence-electron chi connectivity index (χ0n) is 8.81. The molecule has 3 heteroatoms. The van der Waals surface area contributed by atoms with Crippen LogP contribution in [0.25, 0.3) is 0 Å². The quantitative estimate of drug-likeness (QED) is 0.601. The molecule has 5 atom stereocenters. The summed E-state index contributed by atoms with van der Waals surface area (Å²) in [5, 5.41) is 0. The van der Waals surface area contributed by atoms with Crippen LogP contribution < -0.4 is 0 Å². The minimum absolute atomic E-state index is 0.0325. The lowest BCUT2D eigenvalue weighted by Crippen LogP contribution is -2.27. The molecular weight excluding hydrogens is 180 g/mol. The zero-order chi connectivity index (χ0) is 9.71. The summed E-state index contributed by atoms with van der Waals surface area (Å²) in [5.41, 5.74) is 0. The van der Waals surface area contributed by atoms with Crippen molar-refractivity contribution in [3.63, 3.8) is 0 Å². The maximum atomic E-state index is 5.80. The van der Waals surface area contributed by atoms with Gasteiger partial charge in [0.25, 0.3) is 0 Å². The summed E-state index contributed by atoms with van der Waals surface area (Å²) in [6.45, 7) is 4.17. The van der Waals surface area contributed by atoms with Crippen molar-refractivity contribution in [1.29, 1.82) is 0 Å². The molecule has 0 radical (unpaired) electrons. The third kappa shape index (κ3) is 1.47. The topological polar surface area (TPSA) is 31.0 Å². The second kappa shape index (κ2) is 3.19. The van der Waals surface area contributed by atoms with E-state index in [9.17, 15) is 0 Å². The van der Waals surface area contributed by atoms with Crippen molar-refractivity contribution in [2.24, 2.45) is 5.92 Å². The van der Waals surface area contributed by atoms with Gasteiger partial charge in [-0.25, -0.2) is 0 Å². The first kappa shape index (κ1) is 9.13. The molecule has 2 heterocycles. The lowest BCUT2D eigenvalue weighted by molar-refractivity contribution is -0.108. The minimum Gasteiger partial charge on any atom is -0.370 e. The van der Waals surface area contributed by atoms with Gasteiger partial charge in [0.1, 0.15) is 0 Å². The van der Waals surface area contributed by atoms with E-state index >= 15 is 0 Å². The molecule has 0 aromatic rings. The molecule has 0 aromatic carbocycles. The molecular formula is C11H18O3. The highest BCUT2D eigenvalue weighted by atomic mass is 16.7. The van der Waals surface area contributed by atoms with Crippen LogP contribution in [0.1, 0.15) is 33.1 Å². The highest BCUT2D eigenvalue weighted by molar-refractivity contribution is 4.93. The number of fused-ring (bicyclic) bond motifs is 1. The van der Waals surface area contributed by atoms with Gasteiger partial charge in [0.15, 0.2) is 6.29 Å². The number of rotatable bonds is 1. The highest BCUT2D eigenvalue weighted by Gasteiger charge is 2.48. The standard InChI is InChI=1S/C11H18O3/c1-6-7(2)13-11(12-6)8-3-4-9-10(5-8)14-9/h6-11H,3-5H2,1-2H3. The molecule has 3 nitrogen and oxygen atoms in total.